The fraction of sp³-hybridized carbons (Fsp3) is 0.303. The van der Waals surface area contributed by atoms with E-state index in [0.29, 0.717) is 29.7 Å². The molecule has 4 rings (SSSR count). The maximum Gasteiger partial charge on any atom is 0.513 e. The zero-order chi connectivity index (χ0) is 30.2. The number of oxime groups is 1. The minimum absolute atomic E-state index is 0.198. The summed E-state index contributed by atoms with van der Waals surface area (Å²) >= 11 is 0. The Morgan fingerprint density at radius 2 is 1.40 bits per heavy atom. The number of hydrogen-bond donors (Lipinski definition) is 0. The zero-order valence-corrected chi connectivity index (χ0v) is 24.3. The van der Waals surface area contributed by atoms with E-state index >= 15 is 0 Å². The molecule has 1 aromatic heterocycles. The molecule has 218 valence electrons. The molecule has 0 N–H and O–H groups in total. The van der Waals surface area contributed by atoms with Crippen molar-refractivity contribution >= 4 is 51.2 Å². The van der Waals surface area contributed by atoms with E-state index in [1.54, 1.807) is 43.3 Å². The lowest BCUT2D eigenvalue weighted by Gasteiger charge is -2.06. The molecular formula is C33H34N2O7. The van der Waals surface area contributed by atoms with Crippen LogP contribution < -0.4 is 4.74 Å². The third kappa shape index (κ3) is 6.74. The van der Waals surface area contributed by atoms with Gasteiger partial charge in [0.25, 0.3) is 0 Å². The molecule has 0 saturated heterocycles. The van der Waals surface area contributed by atoms with Gasteiger partial charge in [-0.3, -0.25) is 9.59 Å². The highest BCUT2D eigenvalue weighted by atomic mass is 16.7. The molecule has 4 aromatic rings. The van der Waals surface area contributed by atoms with Crippen LogP contribution in [0.15, 0.2) is 65.8 Å². The minimum atomic E-state index is -0.807. The molecule has 0 radical (unpaired) electrons. The van der Waals surface area contributed by atoms with Crippen molar-refractivity contribution in [3.8, 4) is 5.75 Å². The Bertz CT molecular complexity index is 1670. The summed E-state index contributed by atoms with van der Waals surface area (Å²) in [6.45, 7) is 7.92. The Morgan fingerprint density at radius 1 is 0.786 bits per heavy atom. The van der Waals surface area contributed by atoms with Crippen LogP contribution in [0.4, 0.5) is 4.79 Å². The fourth-order valence-electron chi connectivity index (χ4n) is 4.84. The van der Waals surface area contributed by atoms with E-state index < -0.39 is 12.1 Å². The number of ketones is 2. The summed E-state index contributed by atoms with van der Waals surface area (Å²) in [6, 6.07) is 17.2. The molecule has 0 bridgehead atoms. The summed E-state index contributed by atoms with van der Waals surface area (Å²) in [6.07, 6.45) is 2.24. The van der Waals surface area contributed by atoms with Crippen molar-refractivity contribution in [1.29, 1.82) is 0 Å². The zero-order valence-electron chi connectivity index (χ0n) is 24.3. The summed E-state index contributed by atoms with van der Waals surface area (Å²) in [5.41, 5.74) is 3.39. The minimum Gasteiger partial charge on any atom is -0.434 e. The van der Waals surface area contributed by atoms with E-state index in [9.17, 15) is 19.2 Å². The third-order valence-electron chi connectivity index (χ3n) is 6.85. The number of nitrogens with zero attached hydrogens (tertiary/aromatic N) is 2. The first-order valence-electron chi connectivity index (χ1n) is 14.1. The molecule has 3 aromatic carbocycles. The van der Waals surface area contributed by atoms with E-state index in [2.05, 4.69) is 16.6 Å². The van der Waals surface area contributed by atoms with Crippen LogP contribution in [-0.4, -0.2) is 40.6 Å². The van der Waals surface area contributed by atoms with Crippen LogP contribution in [0.5, 0.6) is 5.75 Å². The van der Waals surface area contributed by atoms with Gasteiger partial charge in [0.2, 0.25) is 5.78 Å². The van der Waals surface area contributed by atoms with Gasteiger partial charge in [-0.15, -0.1) is 0 Å². The molecule has 0 atom stereocenters. The van der Waals surface area contributed by atoms with E-state index in [-0.39, 0.29) is 29.6 Å². The molecule has 0 amide bonds. The van der Waals surface area contributed by atoms with Crippen LogP contribution in [0.2, 0.25) is 0 Å². The second-order valence-electron chi connectivity index (χ2n) is 9.75. The number of ether oxygens (including phenoxy) is 2. The Labute approximate surface area is 244 Å². The number of benzene rings is 3. The van der Waals surface area contributed by atoms with Gasteiger partial charge in [-0.05, 0) is 87.4 Å². The topological polar surface area (TPSA) is 113 Å². The quantitative estimate of drug-likeness (QED) is 0.0335. The molecule has 0 aliphatic carbocycles. The standard InChI is InChI=1S/C33H34N2O7/c1-5-8-9-10-28(34-42-21(4)36)32(38)24-14-18-30-27(20-24)26-19-23(13-17-29(26)35(30)6-2)31(37)22-11-15-25(16-12-22)41-33(39)40-7-3/h11-20H,5-10H2,1-4H3/b34-28+. The van der Waals surface area contributed by atoms with Crippen LogP contribution in [0.3, 0.4) is 0 Å². The smallest absolute Gasteiger partial charge is 0.434 e. The summed E-state index contributed by atoms with van der Waals surface area (Å²) in [5, 5.41) is 5.53. The average Bonchev–Trinajstić information content (AvgIpc) is 3.30. The molecule has 0 aliphatic rings. The highest BCUT2D eigenvalue weighted by molar-refractivity contribution is 6.46. The molecular weight excluding hydrogens is 536 g/mol. The summed E-state index contributed by atoms with van der Waals surface area (Å²) in [4.78, 5) is 54.7. The Balaban J connectivity index is 1.70. The first kappa shape index (κ1) is 30.2. The molecule has 0 aliphatic heterocycles. The van der Waals surface area contributed by atoms with Crippen LogP contribution in [-0.2, 0) is 20.9 Å². The van der Waals surface area contributed by atoms with Gasteiger partial charge in [0, 0.05) is 52.0 Å². The van der Waals surface area contributed by atoms with Crippen LogP contribution in [0.1, 0.15) is 79.7 Å². The highest BCUT2D eigenvalue weighted by Gasteiger charge is 2.20. The highest BCUT2D eigenvalue weighted by Crippen LogP contribution is 2.32. The second kappa shape index (κ2) is 13.7. The number of carbonyl (C=O) groups excluding carboxylic acids is 4. The van der Waals surface area contributed by atoms with Crippen molar-refractivity contribution in [3.05, 3.63) is 77.4 Å². The fourth-order valence-corrected chi connectivity index (χ4v) is 4.84. The number of rotatable bonds is 12. The number of hydrogen-bond acceptors (Lipinski definition) is 8. The maximum absolute atomic E-state index is 13.5. The summed E-state index contributed by atoms with van der Waals surface area (Å²) < 4.78 is 12.0. The van der Waals surface area contributed by atoms with E-state index in [0.717, 1.165) is 41.1 Å². The third-order valence-corrected chi connectivity index (χ3v) is 6.85. The summed E-state index contributed by atoms with van der Waals surface area (Å²) in [7, 11) is 0. The Kier molecular flexibility index (Phi) is 9.85. The van der Waals surface area contributed by atoms with Crippen molar-refractivity contribution in [2.75, 3.05) is 6.61 Å². The molecule has 0 spiro atoms. The van der Waals surface area contributed by atoms with Crippen LogP contribution in [0.25, 0.3) is 21.8 Å². The largest absolute Gasteiger partial charge is 0.513 e. The van der Waals surface area contributed by atoms with Gasteiger partial charge in [-0.25, -0.2) is 9.59 Å². The van der Waals surface area contributed by atoms with Gasteiger partial charge in [0.05, 0.1) is 6.61 Å². The Morgan fingerprint density at radius 3 is 2.00 bits per heavy atom. The number of fused-ring (bicyclic) bond motifs is 3. The van der Waals surface area contributed by atoms with Gasteiger partial charge >= 0.3 is 12.1 Å². The Hall–Kier alpha value is -4.79. The predicted octanol–water partition coefficient (Wildman–Crippen LogP) is 7.26. The van der Waals surface area contributed by atoms with E-state index in [1.807, 2.05) is 31.2 Å². The number of unbranched alkanes of at least 4 members (excludes halogenated alkanes) is 2. The predicted molar refractivity (Wildman–Crippen MR) is 160 cm³/mol. The molecule has 0 unspecified atom stereocenters. The van der Waals surface area contributed by atoms with Crippen LogP contribution >= 0.6 is 0 Å². The van der Waals surface area contributed by atoms with E-state index in [4.69, 9.17) is 14.3 Å². The average molecular weight is 571 g/mol. The molecule has 9 nitrogen and oxygen atoms in total. The molecule has 0 saturated carbocycles. The van der Waals surface area contributed by atoms with E-state index in [1.165, 1.54) is 6.92 Å². The summed E-state index contributed by atoms with van der Waals surface area (Å²) in [5.74, 6) is -0.814. The lowest BCUT2D eigenvalue weighted by Crippen LogP contribution is -2.16. The lowest BCUT2D eigenvalue weighted by molar-refractivity contribution is -0.140. The van der Waals surface area contributed by atoms with Gasteiger partial charge in [0.15, 0.2) is 5.78 Å². The monoisotopic (exact) mass is 570 g/mol. The number of aryl methyl sites for hydroxylation is 1. The van der Waals surface area contributed by atoms with Crippen molar-refractivity contribution < 1.29 is 33.5 Å². The molecule has 9 heteroatoms. The van der Waals surface area contributed by atoms with Gasteiger partial charge in [0.1, 0.15) is 11.5 Å². The molecule has 1 heterocycles. The normalized spacial score (nSPS) is 11.5. The first-order chi connectivity index (χ1) is 20.3. The maximum atomic E-state index is 13.5. The van der Waals surface area contributed by atoms with Crippen molar-refractivity contribution in [1.82, 2.24) is 4.57 Å². The lowest BCUT2D eigenvalue weighted by atomic mass is 9.98. The van der Waals surface area contributed by atoms with Gasteiger partial charge in [-0.2, -0.15) is 0 Å². The first-order valence-corrected chi connectivity index (χ1v) is 14.1. The second-order valence-corrected chi connectivity index (χ2v) is 9.75. The number of aromatic nitrogens is 1. The number of carbonyl (C=O) groups is 4. The van der Waals surface area contributed by atoms with Gasteiger partial charge in [-0.1, -0.05) is 24.9 Å². The SMILES string of the molecule is CCCCC/C(=N\OC(C)=O)C(=O)c1ccc2c(c1)c1cc(C(=O)c3ccc(OC(=O)OCC)cc3)ccc1n2CC. The van der Waals surface area contributed by atoms with Crippen molar-refractivity contribution in [2.45, 2.75) is 59.9 Å². The molecule has 0 fully saturated rings. The number of Topliss-reactive ketones (excluding diaryl/α,β-unsaturated/α-hetero) is 1. The van der Waals surface area contributed by atoms with Gasteiger partial charge < -0.3 is 18.9 Å². The van der Waals surface area contributed by atoms with Crippen molar-refractivity contribution in [2.24, 2.45) is 5.16 Å². The molecule has 42 heavy (non-hydrogen) atoms. The van der Waals surface area contributed by atoms with Crippen molar-refractivity contribution in [3.63, 3.8) is 0 Å². The van der Waals surface area contributed by atoms with Crippen LogP contribution in [0, 0.1) is 0 Å².